The molecule has 8 nitrogen and oxygen atoms in total. The SMILES string of the molecule is Brc1cc2c3c(c1)Oc1c(-c4nc5ccccc5o4)ccc4c1N3c1c(cc(-c3nc5ccccc5o3)cc1O4)O2. The van der Waals surface area contributed by atoms with Crippen molar-refractivity contribution in [1.82, 2.24) is 9.97 Å². The maximum absolute atomic E-state index is 6.58. The van der Waals surface area contributed by atoms with Crippen LogP contribution in [0.25, 0.3) is 45.1 Å². The molecule has 7 aromatic rings. The second-order valence-electron chi connectivity index (χ2n) is 9.98. The molecule has 3 aliphatic heterocycles. The van der Waals surface area contributed by atoms with Crippen LogP contribution in [0, 0.1) is 0 Å². The monoisotopic (exact) mass is 599 g/mol. The number of ether oxygens (including phenoxy) is 3. The minimum Gasteiger partial charge on any atom is -0.453 e. The maximum atomic E-state index is 6.58. The average molecular weight is 600 g/mol. The molecule has 0 aliphatic carbocycles. The molecule has 0 saturated heterocycles. The third-order valence-corrected chi connectivity index (χ3v) is 7.98. The molecule has 194 valence electrons. The van der Waals surface area contributed by atoms with Gasteiger partial charge in [-0.2, -0.15) is 0 Å². The molecule has 0 saturated carbocycles. The molecule has 0 N–H and O–H groups in total. The van der Waals surface area contributed by atoms with E-state index >= 15 is 0 Å². The molecule has 41 heavy (non-hydrogen) atoms. The minimum absolute atomic E-state index is 0.466. The number of fused-ring (bicyclic) bond motifs is 2. The van der Waals surface area contributed by atoms with E-state index in [1.165, 1.54) is 0 Å². The Kier molecular flexibility index (Phi) is 3.92. The lowest BCUT2D eigenvalue weighted by Crippen LogP contribution is -2.24. The van der Waals surface area contributed by atoms with Crippen molar-refractivity contribution < 1.29 is 23.0 Å². The first kappa shape index (κ1) is 21.5. The summed E-state index contributed by atoms with van der Waals surface area (Å²) in [6.45, 7) is 0. The van der Waals surface area contributed by atoms with E-state index in [9.17, 15) is 0 Å². The summed E-state index contributed by atoms with van der Waals surface area (Å²) >= 11 is 3.63. The quantitative estimate of drug-likeness (QED) is 0.194. The van der Waals surface area contributed by atoms with Gasteiger partial charge in [-0.1, -0.05) is 40.2 Å². The second-order valence-corrected chi connectivity index (χ2v) is 10.9. The standard InChI is InChI=1S/C32H14BrN3O5/c33-16-13-25-28-26(14-16)39-30-17(32-35-19-6-2-4-8-21(19)41-32)9-10-22-29(30)36(28)27-23(37-22)11-15(12-24(27)38-25)31-34-18-5-1-3-7-20(18)40-31/h1-14H. The van der Waals surface area contributed by atoms with Crippen molar-refractivity contribution in [3.05, 3.63) is 89.4 Å². The Morgan fingerprint density at radius 1 is 0.561 bits per heavy atom. The molecule has 0 radical (unpaired) electrons. The summed E-state index contributed by atoms with van der Waals surface area (Å²) in [5, 5.41) is 0. The van der Waals surface area contributed by atoms with E-state index in [2.05, 4.69) is 20.8 Å². The summed E-state index contributed by atoms with van der Waals surface area (Å²) in [6.07, 6.45) is 0. The van der Waals surface area contributed by atoms with Gasteiger partial charge in [0.1, 0.15) is 28.1 Å². The third-order valence-electron chi connectivity index (χ3n) is 7.53. The van der Waals surface area contributed by atoms with Gasteiger partial charge in [-0.3, -0.25) is 4.90 Å². The Morgan fingerprint density at radius 2 is 1.15 bits per heavy atom. The van der Waals surface area contributed by atoms with Crippen molar-refractivity contribution >= 4 is 55.2 Å². The summed E-state index contributed by atoms with van der Waals surface area (Å²) in [6, 6.07) is 26.9. The van der Waals surface area contributed by atoms with Gasteiger partial charge >= 0.3 is 0 Å². The molecule has 2 aromatic heterocycles. The summed E-state index contributed by atoms with van der Waals surface area (Å²) in [4.78, 5) is 11.6. The fourth-order valence-electron chi connectivity index (χ4n) is 5.79. The molecule has 10 rings (SSSR count). The summed E-state index contributed by atoms with van der Waals surface area (Å²) in [5.74, 6) is 4.69. The van der Waals surface area contributed by atoms with Crippen LogP contribution in [0.2, 0.25) is 0 Å². The lowest BCUT2D eigenvalue weighted by molar-refractivity contribution is 0.417. The van der Waals surface area contributed by atoms with Gasteiger partial charge in [0.15, 0.2) is 45.7 Å². The van der Waals surface area contributed by atoms with Gasteiger partial charge in [-0.25, -0.2) is 9.97 Å². The Hall–Kier alpha value is -5.28. The number of benzene rings is 5. The van der Waals surface area contributed by atoms with Crippen LogP contribution >= 0.6 is 15.9 Å². The van der Waals surface area contributed by atoms with Crippen LogP contribution in [0.3, 0.4) is 0 Å². The molecular weight excluding hydrogens is 586 g/mol. The molecule has 9 heteroatoms. The van der Waals surface area contributed by atoms with Crippen molar-refractivity contribution in [3.63, 3.8) is 0 Å². The number of aromatic nitrogens is 2. The van der Waals surface area contributed by atoms with Crippen LogP contribution in [0.15, 0.2) is 98.2 Å². The second kappa shape index (κ2) is 7.47. The molecule has 0 bridgehead atoms. The Labute approximate surface area is 239 Å². The van der Waals surface area contributed by atoms with E-state index in [4.69, 9.17) is 33.0 Å². The number of nitrogens with zero attached hydrogens (tertiary/aromatic N) is 3. The van der Waals surface area contributed by atoms with Crippen molar-refractivity contribution in [3.8, 4) is 57.4 Å². The molecule has 0 atom stereocenters. The number of anilines is 3. The molecule has 5 heterocycles. The van der Waals surface area contributed by atoms with Crippen molar-refractivity contribution in [1.29, 1.82) is 0 Å². The van der Waals surface area contributed by atoms with Crippen LogP contribution < -0.4 is 19.1 Å². The van der Waals surface area contributed by atoms with Gasteiger partial charge in [0, 0.05) is 10.0 Å². The van der Waals surface area contributed by atoms with Crippen LogP contribution in [0.5, 0.6) is 34.5 Å². The van der Waals surface area contributed by atoms with Gasteiger partial charge in [0.25, 0.3) is 0 Å². The zero-order valence-electron chi connectivity index (χ0n) is 20.8. The van der Waals surface area contributed by atoms with E-state index in [0.29, 0.717) is 57.4 Å². The highest BCUT2D eigenvalue weighted by molar-refractivity contribution is 9.10. The van der Waals surface area contributed by atoms with Gasteiger partial charge in [0.05, 0.1) is 5.56 Å². The van der Waals surface area contributed by atoms with E-state index in [-0.39, 0.29) is 0 Å². The first-order valence-corrected chi connectivity index (χ1v) is 13.7. The Morgan fingerprint density at radius 3 is 1.85 bits per heavy atom. The van der Waals surface area contributed by atoms with E-state index in [1.807, 2.05) is 84.9 Å². The van der Waals surface area contributed by atoms with Crippen molar-refractivity contribution in [2.75, 3.05) is 4.90 Å². The predicted molar refractivity (Wildman–Crippen MR) is 155 cm³/mol. The molecule has 3 aliphatic rings. The number of rotatable bonds is 2. The van der Waals surface area contributed by atoms with E-state index in [1.54, 1.807) is 0 Å². The number of hydrogen-bond acceptors (Lipinski definition) is 8. The van der Waals surface area contributed by atoms with Crippen LogP contribution in [-0.2, 0) is 0 Å². The third kappa shape index (κ3) is 2.87. The smallest absolute Gasteiger partial charge is 0.231 e. The van der Waals surface area contributed by atoms with E-state index < -0.39 is 0 Å². The van der Waals surface area contributed by atoms with Crippen LogP contribution in [0.1, 0.15) is 0 Å². The topological polar surface area (TPSA) is 83.0 Å². The van der Waals surface area contributed by atoms with Gasteiger partial charge in [-0.05, 0) is 60.7 Å². The van der Waals surface area contributed by atoms with Gasteiger partial charge < -0.3 is 23.0 Å². The summed E-state index contributed by atoms with van der Waals surface area (Å²) < 4.78 is 32.7. The highest BCUT2D eigenvalue weighted by atomic mass is 79.9. The van der Waals surface area contributed by atoms with E-state index in [0.717, 1.165) is 43.7 Å². The summed E-state index contributed by atoms with van der Waals surface area (Å²) in [7, 11) is 0. The number of hydrogen-bond donors (Lipinski definition) is 0. The first-order chi connectivity index (χ1) is 20.2. The normalized spacial score (nSPS) is 13.5. The Balaban J connectivity index is 1.22. The Bertz CT molecular complexity index is 2220. The molecule has 0 amide bonds. The zero-order chi connectivity index (χ0) is 26.8. The summed E-state index contributed by atoms with van der Waals surface area (Å²) in [5.41, 5.74) is 6.76. The van der Waals surface area contributed by atoms with Crippen molar-refractivity contribution in [2.24, 2.45) is 0 Å². The number of para-hydroxylation sites is 4. The van der Waals surface area contributed by atoms with Gasteiger partial charge in [-0.15, -0.1) is 0 Å². The molecule has 5 aromatic carbocycles. The highest BCUT2D eigenvalue weighted by Crippen LogP contribution is 2.68. The van der Waals surface area contributed by atoms with Crippen molar-refractivity contribution in [2.45, 2.75) is 0 Å². The lowest BCUT2D eigenvalue weighted by Gasteiger charge is -2.42. The maximum Gasteiger partial charge on any atom is 0.231 e. The molecule has 0 spiro atoms. The van der Waals surface area contributed by atoms with Crippen LogP contribution in [0.4, 0.5) is 17.1 Å². The minimum atomic E-state index is 0.466. The van der Waals surface area contributed by atoms with Gasteiger partial charge in [0.2, 0.25) is 11.8 Å². The first-order valence-electron chi connectivity index (χ1n) is 12.9. The molecular formula is C32H14BrN3O5. The average Bonchev–Trinajstić information content (AvgIpc) is 3.61. The zero-order valence-corrected chi connectivity index (χ0v) is 22.4. The highest BCUT2D eigenvalue weighted by Gasteiger charge is 2.43. The van der Waals surface area contributed by atoms with Crippen LogP contribution in [-0.4, -0.2) is 9.97 Å². The number of halogens is 1. The predicted octanol–water partition coefficient (Wildman–Crippen LogP) is 9.85. The lowest BCUT2D eigenvalue weighted by atomic mass is 10.0. The number of oxazole rings is 2. The molecule has 0 fully saturated rings. The fourth-order valence-corrected chi connectivity index (χ4v) is 6.21. The largest absolute Gasteiger partial charge is 0.453 e. The fraction of sp³-hybridized carbons (Fsp3) is 0. The molecule has 0 unspecified atom stereocenters.